The lowest BCUT2D eigenvalue weighted by Gasteiger charge is -2.21. The molecule has 0 saturated carbocycles. The first-order chi connectivity index (χ1) is 15.4. The van der Waals surface area contributed by atoms with Crippen molar-refractivity contribution in [1.82, 2.24) is 0 Å². The van der Waals surface area contributed by atoms with Crippen LogP contribution < -0.4 is 19.4 Å². The first-order valence-electron chi connectivity index (χ1n) is 9.74. The van der Waals surface area contributed by atoms with Crippen LogP contribution in [-0.2, 0) is 0 Å². The summed E-state index contributed by atoms with van der Waals surface area (Å²) in [6.07, 6.45) is 1.62. The van der Waals surface area contributed by atoms with E-state index in [1.165, 1.54) is 42.5 Å². The van der Waals surface area contributed by atoms with Gasteiger partial charge in [0, 0.05) is 6.07 Å². The Labute approximate surface area is 183 Å². The SMILES string of the molecule is CCOc1ccc(C=C2Oc3cc(OC(=O)c4cccc(N([O-])O)c4)ccc3C2=O)cc1. The molecule has 1 heterocycles. The van der Waals surface area contributed by atoms with Crippen molar-refractivity contribution in [2.75, 3.05) is 11.8 Å². The molecule has 1 N–H and O–H groups in total. The van der Waals surface area contributed by atoms with Gasteiger partial charge in [-0.3, -0.25) is 10.0 Å². The van der Waals surface area contributed by atoms with Gasteiger partial charge >= 0.3 is 5.97 Å². The lowest BCUT2D eigenvalue weighted by atomic mass is 10.1. The van der Waals surface area contributed by atoms with Gasteiger partial charge in [-0.1, -0.05) is 18.2 Å². The molecule has 8 nitrogen and oxygen atoms in total. The highest BCUT2D eigenvalue weighted by molar-refractivity contribution is 6.14. The Bertz CT molecular complexity index is 1200. The van der Waals surface area contributed by atoms with Crippen molar-refractivity contribution >= 4 is 23.5 Å². The fourth-order valence-corrected chi connectivity index (χ4v) is 3.13. The number of carbonyl (C=O) groups is 2. The van der Waals surface area contributed by atoms with E-state index in [9.17, 15) is 14.8 Å². The molecule has 0 aromatic heterocycles. The second-order valence-electron chi connectivity index (χ2n) is 6.81. The summed E-state index contributed by atoms with van der Waals surface area (Å²) < 4.78 is 16.4. The van der Waals surface area contributed by atoms with Crippen LogP contribution in [0.2, 0.25) is 0 Å². The lowest BCUT2D eigenvalue weighted by Crippen LogP contribution is -2.11. The Morgan fingerprint density at radius 3 is 2.56 bits per heavy atom. The molecule has 3 aromatic rings. The Morgan fingerprint density at radius 1 is 1.09 bits per heavy atom. The summed E-state index contributed by atoms with van der Waals surface area (Å²) in [4.78, 5) is 25.0. The van der Waals surface area contributed by atoms with Gasteiger partial charge in [0.2, 0.25) is 5.78 Å². The van der Waals surface area contributed by atoms with E-state index in [4.69, 9.17) is 19.4 Å². The molecule has 0 saturated heterocycles. The molecule has 0 radical (unpaired) electrons. The molecule has 162 valence electrons. The molecule has 0 unspecified atom stereocenters. The van der Waals surface area contributed by atoms with Gasteiger partial charge in [0.25, 0.3) is 0 Å². The largest absolute Gasteiger partial charge is 0.733 e. The van der Waals surface area contributed by atoms with Crippen LogP contribution >= 0.6 is 0 Å². The molecular formula is C24H18NO7-. The van der Waals surface area contributed by atoms with E-state index in [-0.39, 0.29) is 39.5 Å². The van der Waals surface area contributed by atoms with E-state index < -0.39 is 5.97 Å². The van der Waals surface area contributed by atoms with E-state index in [0.29, 0.717) is 12.2 Å². The smallest absolute Gasteiger partial charge is 0.343 e. The molecule has 0 aliphatic carbocycles. The number of esters is 1. The molecule has 0 bridgehead atoms. The second kappa shape index (κ2) is 8.93. The molecular weight excluding hydrogens is 414 g/mol. The maximum Gasteiger partial charge on any atom is 0.343 e. The summed E-state index contributed by atoms with van der Waals surface area (Å²) >= 11 is 0. The maximum atomic E-state index is 12.6. The molecule has 0 spiro atoms. The number of ketones is 1. The number of anilines is 1. The highest BCUT2D eigenvalue weighted by Crippen LogP contribution is 2.35. The van der Waals surface area contributed by atoms with Gasteiger partial charge in [0.05, 0.1) is 23.4 Å². The second-order valence-corrected chi connectivity index (χ2v) is 6.81. The van der Waals surface area contributed by atoms with E-state index in [1.54, 1.807) is 18.2 Å². The molecule has 1 aliphatic rings. The van der Waals surface area contributed by atoms with Gasteiger partial charge < -0.3 is 24.6 Å². The Balaban J connectivity index is 1.50. The van der Waals surface area contributed by atoms with Crippen LogP contribution in [0.15, 0.2) is 72.5 Å². The van der Waals surface area contributed by atoms with Crippen LogP contribution in [0.3, 0.4) is 0 Å². The molecule has 8 heteroatoms. The van der Waals surface area contributed by atoms with Crippen LogP contribution in [0.25, 0.3) is 6.08 Å². The zero-order chi connectivity index (χ0) is 22.7. The van der Waals surface area contributed by atoms with Crippen LogP contribution in [-0.4, -0.2) is 23.6 Å². The van der Waals surface area contributed by atoms with Crippen molar-refractivity contribution in [1.29, 1.82) is 0 Å². The van der Waals surface area contributed by atoms with E-state index in [2.05, 4.69) is 0 Å². The third-order valence-corrected chi connectivity index (χ3v) is 4.64. The molecule has 1 aliphatic heterocycles. The van der Waals surface area contributed by atoms with Gasteiger partial charge in [-0.15, -0.1) is 0 Å². The van der Waals surface area contributed by atoms with Crippen molar-refractivity contribution in [2.45, 2.75) is 6.92 Å². The highest BCUT2D eigenvalue weighted by Gasteiger charge is 2.28. The zero-order valence-electron chi connectivity index (χ0n) is 17.0. The van der Waals surface area contributed by atoms with Gasteiger partial charge in [-0.05, 0) is 61.0 Å². The fourth-order valence-electron chi connectivity index (χ4n) is 3.13. The Morgan fingerprint density at radius 2 is 1.84 bits per heavy atom. The average Bonchev–Trinajstić information content (AvgIpc) is 3.10. The van der Waals surface area contributed by atoms with Crippen molar-refractivity contribution < 1.29 is 29.0 Å². The summed E-state index contributed by atoms with van der Waals surface area (Å²) in [7, 11) is 0. The quantitative estimate of drug-likeness (QED) is 0.260. The third-order valence-electron chi connectivity index (χ3n) is 4.64. The molecule has 3 aromatic carbocycles. The minimum absolute atomic E-state index is 0.0750. The summed E-state index contributed by atoms with van der Waals surface area (Å²) in [5, 5.41) is 19.6. The predicted octanol–water partition coefficient (Wildman–Crippen LogP) is 4.61. The number of hydrogen-bond acceptors (Lipinski definition) is 8. The third kappa shape index (κ3) is 4.46. The number of ether oxygens (including phenoxy) is 3. The normalized spacial score (nSPS) is 13.5. The summed E-state index contributed by atoms with van der Waals surface area (Å²) in [6, 6.07) is 17.1. The first kappa shape index (κ1) is 21.1. The molecule has 0 atom stereocenters. The fraction of sp³-hybridized carbons (Fsp3) is 0.0833. The minimum Gasteiger partial charge on any atom is -0.733 e. The number of nitrogens with zero attached hydrogens (tertiary/aromatic N) is 1. The van der Waals surface area contributed by atoms with E-state index in [0.717, 1.165) is 11.3 Å². The number of rotatable bonds is 6. The number of hydrogen-bond donors (Lipinski definition) is 1. The van der Waals surface area contributed by atoms with Crippen molar-refractivity contribution in [3.63, 3.8) is 0 Å². The van der Waals surface area contributed by atoms with Crippen molar-refractivity contribution in [3.8, 4) is 17.2 Å². The lowest BCUT2D eigenvalue weighted by molar-refractivity contribution is 0.0734. The van der Waals surface area contributed by atoms with E-state index >= 15 is 0 Å². The molecule has 0 amide bonds. The Kier molecular flexibility index (Phi) is 5.89. The summed E-state index contributed by atoms with van der Waals surface area (Å²) in [5.74, 6) is 0.306. The van der Waals surface area contributed by atoms with Crippen molar-refractivity contribution in [3.05, 3.63) is 94.4 Å². The number of Topliss-reactive ketones (excluding diaryl/α,β-unsaturated/α-hetero) is 1. The van der Waals surface area contributed by atoms with Gasteiger partial charge in [0.15, 0.2) is 5.76 Å². The van der Waals surface area contributed by atoms with Crippen molar-refractivity contribution in [2.24, 2.45) is 0 Å². The number of carbonyl (C=O) groups excluding carboxylic acids is 2. The zero-order valence-corrected chi connectivity index (χ0v) is 17.0. The van der Waals surface area contributed by atoms with Crippen LogP contribution in [0.4, 0.5) is 5.69 Å². The van der Waals surface area contributed by atoms with Crippen LogP contribution in [0, 0.1) is 5.21 Å². The van der Waals surface area contributed by atoms with Gasteiger partial charge in [0.1, 0.15) is 17.2 Å². The number of allylic oxidation sites excluding steroid dienone is 1. The predicted molar refractivity (Wildman–Crippen MR) is 116 cm³/mol. The van der Waals surface area contributed by atoms with Gasteiger partial charge in [-0.25, -0.2) is 4.79 Å². The summed E-state index contributed by atoms with van der Waals surface area (Å²) in [6.45, 7) is 2.46. The topological polar surface area (TPSA) is 108 Å². The van der Waals surface area contributed by atoms with Crippen LogP contribution in [0.5, 0.6) is 17.2 Å². The first-order valence-corrected chi connectivity index (χ1v) is 9.74. The minimum atomic E-state index is -0.733. The monoisotopic (exact) mass is 432 g/mol. The average molecular weight is 432 g/mol. The van der Waals surface area contributed by atoms with Crippen LogP contribution in [0.1, 0.15) is 33.2 Å². The number of fused-ring (bicyclic) bond motifs is 1. The maximum absolute atomic E-state index is 12.6. The molecule has 0 fully saturated rings. The van der Waals surface area contributed by atoms with E-state index in [1.807, 2.05) is 19.1 Å². The Hall–Kier alpha value is -4.14. The van der Waals surface area contributed by atoms with Gasteiger partial charge in [-0.2, -0.15) is 0 Å². The standard InChI is InChI=1S/C24H18NO7/c1-2-30-18-8-6-15(7-9-18)12-22-23(26)20-11-10-19(14-21(20)32-22)31-24(27)16-4-3-5-17(13-16)25(28)29/h3-14,28H,2H2,1H3/q-1. The number of benzene rings is 3. The highest BCUT2D eigenvalue weighted by atomic mass is 16.8. The molecule has 32 heavy (non-hydrogen) atoms. The summed E-state index contributed by atoms with van der Waals surface area (Å²) in [5.41, 5.74) is 1.09. The molecule has 4 rings (SSSR count).